The molecule has 0 spiro atoms. The number of thioether (sulfide) groups is 1. The number of anilines is 1. The third-order valence-corrected chi connectivity index (χ3v) is 4.54. The topological polar surface area (TPSA) is 68.0 Å². The van der Waals surface area contributed by atoms with Gasteiger partial charge in [-0.15, -0.1) is 11.8 Å². The van der Waals surface area contributed by atoms with Crippen LogP contribution >= 0.6 is 11.8 Å². The molecule has 0 bridgehead atoms. The average Bonchev–Trinajstić information content (AvgIpc) is 3.08. The normalized spacial score (nSPS) is 10.6. The second-order valence-corrected chi connectivity index (χ2v) is 6.72. The molecule has 1 aromatic heterocycles. The van der Waals surface area contributed by atoms with Crippen molar-refractivity contribution in [3.8, 4) is 11.4 Å². The molecule has 3 aromatic rings. The molecule has 0 saturated carbocycles. The number of hydrogen-bond acceptors (Lipinski definition) is 5. The van der Waals surface area contributed by atoms with E-state index in [0.717, 1.165) is 22.4 Å². The van der Waals surface area contributed by atoms with Crippen LogP contribution in [0.3, 0.4) is 0 Å². The lowest BCUT2D eigenvalue weighted by molar-refractivity contribution is -0.113. The van der Waals surface area contributed by atoms with Crippen molar-refractivity contribution in [1.29, 1.82) is 0 Å². The molecular weight excluding hydrogens is 334 g/mol. The third kappa shape index (κ3) is 4.70. The van der Waals surface area contributed by atoms with Gasteiger partial charge in [-0.25, -0.2) is 0 Å². The van der Waals surface area contributed by atoms with Gasteiger partial charge in [-0.1, -0.05) is 47.6 Å². The van der Waals surface area contributed by atoms with E-state index in [1.54, 1.807) is 0 Å². The van der Waals surface area contributed by atoms with E-state index in [4.69, 9.17) is 4.52 Å². The van der Waals surface area contributed by atoms with Crippen molar-refractivity contribution in [2.75, 3.05) is 11.1 Å². The van der Waals surface area contributed by atoms with Crippen LogP contribution in [0, 0.1) is 13.8 Å². The van der Waals surface area contributed by atoms with Crippen LogP contribution in [-0.2, 0) is 10.5 Å². The molecule has 2 aromatic carbocycles. The van der Waals surface area contributed by atoms with Crippen LogP contribution < -0.4 is 5.32 Å². The maximum absolute atomic E-state index is 12.1. The molecule has 0 aliphatic carbocycles. The van der Waals surface area contributed by atoms with Crippen LogP contribution in [0.5, 0.6) is 0 Å². The summed E-state index contributed by atoms with van der Waals surface area (Å²) < 4.78 is 5.24. The minimum absolute atomic E-state index is 0.0403. The van der Waals surface area contributed by atoms with Crippen molar-refractivity contribution < 1.29 is 9.32 Å². The number of amides is 1. The average molecular weight is 353 g/mol. The van der Waals surface area contributed by atoms with Crippen LogP contribution in [0.25, 0.3) is 11.4 Å². The zero-order valence-corrected chi connectivity index (χ0v) is 15.0. The first-order chi connectivity index (χ1) is 12.1. The molecule has 6 heteroatoms. The Balaban J connectivity index is 1.50. The fraction of sp³-hybridized carbons (Fsp3) is 0.211. The molecule has 1 N–H and O–H groups in total. The lowest BCUT2D eigenvalue weighted by Crippen LogP contribution is -2.15. The van der Waals surface area contributed by atoms with E-state index in [1.165, 1.54) is 11.8 Å². The van der Waals surface area contributed by atoms with Crippen LogP contribution in [0.1, 0.15) is 17.0 Å². The maximum Gasteiger partial charge on any atom is 0.236 e. The van der Waals surface area contributed by atoms with Gasteiger partial charge in [0, 0.05) is 11.3 Å². The number of aryl methyl sites for hydroxylation is 2. The van der Waals surface area contributed by atoms with Gasteiger partial charge in [-0.2, -0.15) is 4.98 Å². The first-order valence-corrected chi connectivity index (χ1v) is 9.10. The summed E-state index contributed by atoms with van der Waals surface area (Å²) in [4.78, 5) is 16.5. The van der Waals surface area contributed by atoms with Gasteiger partial charge in [-0.3, -0.25) is 4.79 Å². The predicted molar refractivity (Wildman–Crippen MR) is 100 cm³/mol. The van der Waals surface area contributed by atoms with E-state index < -0.39 is 0 Å². The molecule has 3 rings (SSSR count). The lowest BCUT2D eigenvalue weighted by Gasteiger charge is -2.08. The van der Waals surface area contributed by atoms with Crippen molar-refractivity contribution in [2.45, 2.75) is 19.6 Å². The zero-order valence-electron chi connectivity index (χ0n) is 14.2. The molecule has 5 nitrogen and oxygen atoms in total. The van der Waals surface area contributed by atoms with Crippen molar-refractivity contribution in [3.63, 3.8) is 0 Å². The number of hydrogen-bond donors (Lipinski definition) is 1. The molecule has 0 fully saturated rings. The Kier molecular flexibility index (Phi) is 5.50. The maximum atomic E-state index is 12.1. The van der Waals surface area contributed by atoms with Gasteiger partial charge in [-0.05, 0) is 31.0 Å². The van der Waals surface area contributed by atoms with Gasteiger partial charge < -0.3 is 9.84 Å². The van der Waals surface area contributed by atoms with Crippen LogP contribution in [0.2, 0.25) is 0 Å². The monoisotopic (exact) mass is 353 g/mol. The molecule has 25 heavy (non-hydrogen) atoms. The van der Waals surface area contributed by atoms with Crippen molar-refractivity contribution in [3.05, 3.63) is 65.5 Å². The van der Waals surface area contributed by atoms with Gasteiger partial charge in [0.15, 0.2) is 0 Å². The molecule has 0 aliphatic heterocycles. The standard InChI is InChI=1S/C19H19N3O2S/c1-13-8-9-14(2)16(10-13)20-17(23)11-25-12-18-21-19(22-24-18)15-6-4-3-5-7-15/h3-10H,11-12H2,1-2H3,(H,20,23). The number of nitrogens with one attached hydrogen (secondary N) is 1. The van der Waals surface area contributed by atoms with E-state index >= 15 is 0 Å². The Labute approximate surface area is 150 Å². The van der Waals surface area contributed by atoms with Gasteiger partial charge in [0.25, 0.3) is 0 Å². The van der Waals surface area contributed by atoms with Crippen molar-refractivity contribution in [1.82, 2.24) is 10.1 Å². The number of nitrogens with zero attached hydrogens (tertiary/aromatic N) is 2. The number of carbonyl (C=O) groups excluding carboxylic acids is 1. The predicted octanol–water partition coefficient (Wildman–Crippen LogP) is 4.23. The molecule has 0 radical (unpaired) electrons. The smallest absolute Gasteiger partial charge is 0.236 e. The highest BCUT2D eigenvalue weighted by atomic mass is 32.2. The fourth-order valence-corrected chi connectivity index (χ4v) is 2.96. The molecule has 1 heterocycles. The summed E-state index contributed by atoms with van der Waals surface area (Å²) in [7, 11) is 0. The summed E-state index contributed by atoms with van der Waals surface area (Å²) in [5.74, 6) is 1.87. The Morgan fingerprint density at radius 2 is 1.96 bits per heavy atom. The van der Waals surface area contributed by atoms with E-state index in [1.807, 2.05) is 62.4 Å². The van der Waals surface area contributed by atoms with E-state index in [9.17, 15) is 4.79 Å². The highest BCUT2D eigenvalue weighted by Crippen LogP contribution is 2.19. The summed E-state index contributed by atoms with van der Waals surface area (Å²) in [5.41, 5.74) is 3.94. The zero-order chi connectivity index (χ0) is 17.6. The summed E-state index contributed by atoms with van der Waals surface area (Å²) in [6.07, 6.45) is 0. The van der Waals surface area contributed by atoms with Crippen LogP contribution in [-0.4, -0.2) is 21.8 Å². The van der Waals surface area contributed by atoms with Gasteiger partial charge in [0.05, 0.1) is 11.5 Å². The highest BCUT2D eigenvalue weighted by molar-refractivity contribution is 7.99. The van der Waals surface area contributed by atoms with Crippen molar-refractivity contribution in [2.24, 2.45) is 0 Å². The van der Waals surface area contributed by atoms with E-state index in [0.29, 0.717) is 23.2 Å². The Morgan fingerprint density at radius 1 is 1.16 bits per heavy atom. The second kappa shape index (κ2) is 7.98. The number of rotatable bonds is 6. The summed E-state index contributed by atoms with van der Waals surface area (Å²) in [6.45, 7) is 3.98. The van der Waals surface area contributed by atoms with Gasteiger partial charge >= 0.3 is 0 Å². The molecule has 0 aliphatic rings. The molecule has 0 saturated heterocycles. The summed E-state index contributed by atoms with van der Waals surface area (Å²) in [6, 6.07) is 15.7. The Hall–Kier alpha value is -2.60. The molecule has 1 amide bonds. The summed E-state index contributed by atoms with van der Waals surface area (Å²) in [5, 5.41) is 6.92. The van der Waals surface area contributed by atoms with Gasteiger partial charge in [0.1, 0.15) is 0 Å². The second-order valence-electron chi connectivity index (χ2n) is 5.74. The number of benzene rings is 2. The van der Waals surface area contributed by atoms with Crippen molar-refractivity contribution >= 4 is 23.4 Å². The first kappa shape index (κ1) is 17.2. The molecular formula is C19H19N3O2S. The third-order valence-electron chi connectivity index (χ3n) is 3.63. The minimum atomic E-state index is -0.0403. The largest absolute Gasteiger partial charge is 0.338 e. The SMILES string of the molecule is Cc1ccc(C)c(NC(=O)CSCc2nc(-c3ccccc3)no2)c1. The highest BCUT2D eigenvalue weighted by Gasteiger charge is 2.10. The van der Waals surface area contributed by atoms with E-state index in [-0.39, 0.29) is 5.91 Å². The van der Waals surface area contributed by atoms with E-state index in [2.05, 4.69) is 15.5 Å². The lowest BCUT2D eigenvalue weighted by atomic mass is 10.1. The molecule has 0 unspecified atom stereocenters. The minimum Gasteiger partial charge on any atom is -0.338 e. The van der Waals surface area contributed by atoms with Gasteiger partial charge in [0.2, 0.25) is 17.6 Å². The Morgan fingerprint density at radius 3 is 2.76 bits per heavy atom. The van der Waals surface area contributed by atoms with Crippen LogP contribution in [0.4, 0.5) is 5.69 Å². The molecule has 0 atom stereocenters. The Bertz CT molecular complexity index is 862. The first-order valence-electron chi connectivity index (χ1n) is 7.94. The quantitative estimate of drug-likeness (QED) is 0.718. The van der Waals surface area contributed by atoms with Crippen LogP contribution in [0.15, 0.2) is 53.1 Å². The number of aromatic nitrogens is 2. The molecule has 128 valence electrons. The summed E-state index contributed by atoms with van der Waals surface area (Å²) >= 11 is 1.44. The fourth-order valence-electron chi connectivity index (χ4n) is 2.31. The number of carbonyl (C=O) groups is 1.